The molecule has 13 heteroatoms. The molecule has 0 aliphatic carbocycles. The van der Waals surface area contributed by atoms with E-state index in [9.17, 15) is 23.5 Å². The summed E-state index contributed by atoms with van der Waals surface area (Å²) in [4.78, 5) is 29.5. The number of fused-ring (bicyclic) bond motifs is 2. The Morgan fingerprint density at radius 1 is 1.24 bits per heavy atom. The number of benzene rings is 1. The summed E-state index contributed by atoms with van der Waals surface area (Å²) in [7, 11) is 0. The first-order chi connectivity index (χ1) is 15.9. The highest BCUT2D eigenvalue weighted by molar-refractivity contribution is 6.30. The minimum Gasteiger partial charge on any atom is -0.489 e. The van der Waals surface area contributed by atoms with Crippen LogP contribution in [0.3, 0.4) is 0 Å². The minimum atomic E-state index is -3.22. The molecule has 3 heterocycles. The number of carbonyl (C=O) groups is 2. The summed E-state index contributed by atoms with van der Waals surface area (Å²) in [5, 5.41) is 13.8. The van der Waals surface area contributed by atoms with Crippen LogP contribution in [-0.4, -0.2) is 57.3 Å². The van der Waals surface area contributed by atoms with Crippen molar-refractivity contribution in [2.24, 2.45) is 0 Å². The number of ether oxygens (including phenoxy) is 3. The van der Waals surface area contributed by atoms with Crippen LogP contribution >= 0.6 is 11.6 Å². The molecule has 3 aromatic rings. The number of rotatable bonds is 4. The molecule has 34 heavy (non-hydrogen) atoms. The maximum Gasteiger partial charge on any atom is 0.415 e. The van der Waals surface area contributed by atoms with E-state index < -0.39 is 24.3 Å². The molecular formula is C21H19ClF2N4O6. The van der Waals surface area contributed by atoms with Crippen LogP contribution in [0.1, 0.15) is 31.3 Å². The van der Waals surface area contributed by atoms with Crippen molar-refractivity contribution in [3.05, 3.63) is 35.2 Å². The van der Waals surface area contributed by atoms with Crippen LogP contribution < -0.4 is 14.4 Å². The van der Waals surface area contributed by atoms with E-state index in [0.29, 0.717) is 0 Å². The number of carbonyl (C=O) groups excluding carboxylic acids is 1. The summed E-state index contributed by atoms with van der Waals surface area (Å²) in [6.07, 6.45) is 0.528. The standard InChI is InChI=1S/C21H19ClF2N4O6/c1-21(2,3)34-20(31)27-4-5-32-14-7-13(15(6-12(14)27)33-19(23)24)28-11-8-16(22)25-9-10(11)17(26-28)18(29)30/h6-9,19H,4-5H2,1-3H3,(H,29,30). The molecule has 10 nitrogen and oxygen atoms in total. The first-order valence-electron chi connectivity index (χ1n) is 9.98. The predicted octanol–water partition coefficient (Wildman–Crippen LogP) is 4.51. The highest BCUT2D eigenvalue weighted by Gasteiger charge is 2.31. The monoisotopic (exact) mass is 496 g/mol. The van der Waals surface area contributed by atoms with Crippen molar-refractivity contribution < 1.29 is 37.7 Å². The number of halogens is 3. The van der Waals surface area contributed by atoms with Gasteiger partial charge < -0.3 is 19.3 Å². The molecule has 0 saturated heterocycles. The number of carboxylic acid groups (broad SMARTS) is 1. The smallest absolute Gasteiger partial charge is 0.415 e. The molecule has 0 spiro atoms. The van der Waals surface area contributed by atoms with Gasteiger partial charge in [-0.05, 0) is 20.8 Å². The Balaban J connectivity index is 1.91. The molecule has 180 valence electrons. The second kappa shape index (κ2) is 8.60. The fraction of sp³-hybridized carbons (Fsp3) is 0.333. The predicted molar refractivity (Wildman–Crippen MR) is 117 cm³/mol. The Morgan fingerprint density at radius 3 is 2.62 bits per heavy atom. The molecule has 0 radical (unpaired) electrons. The average molecular weight is 497 g/mol. The van der Waals surface area contributed by atoms with Crippen molar-refractivity contribution in [2.75, 3.05) is 18.1 Å². The lowest BCUT2D eigenvalue weighted by atomic mass is 10.2. The SMILES string of the molecule is CC(C)(C)OC(=O)N1CCOc2cc(-n3nc(C(=O)O)c4cnc(Cl)cc43)c(OC(F)F)cc21. The quantitative estimate of drug-likeness (QED) is 0.524. The van der Waals surface area contributed by atoms with Gasteiger partial charge in [-0.2, -0.15) is 13.9 Å². The lowest BCUT2D eigenvalue weighted by Crippen LogP contribution is -2.41. The number of aromatic carboxylic acids is 1. The van der Waals surface area contributed by atoms with Gasteiger partial charge in [0.2, 0.25) is 0 Å². The molecule has 0 atom stereocenters. The van der Waals surface area contributed by atoms with Crippen LogP contribution in [0.2, 0.25) is 5.15 Å². The number of aromatic nitrogens is 3. The molecule has 1 amide bonds. The Morgan fingerprint density at radius 2 is 1.97 bits per heavy atom. The van der Waals surface area contributed by atoms with Gasteiger partial charge >= 0.3 is 18.7 Å². The average Bonchev–Trinajstić information content (AvgIpc) is 3.10. The van der Waals surface area contributed by atoms with E-state index in [-0.39, 0.29) is 57.8 Å². The van der Waals surface area contributed by atoms with Crippen molar-refractivity contribution in [2.45, 2.75) is 33.0 Å². The van der Waals surface area contributed by atoms with Gasteiger partial charge in [0.05, 0.1) is 23.1 Å². The number of nitrogens with zero attached hydrogens (tertiary/aromatic N) is 4. The fourth-order valence-corrected chi connectivity index (χ4v) is 3.57. The summed E-state index contributed by atoms with van der Waals surface area (Å²) < 4.78 is 43.5. The molecule has 0 unspecified atom stereocenters. The zero-order chi connectivity index (χ0) is 24.8. The van der Waals surface area contributed by atoms with Gasteiger partial charge in [-0.1, -0.05) is 11.6 Å². The van der Waals surface area contributed by atoms with E-state index in [4.69, 9.17) is 25.8 Å². The highest BCUT2D eigenvalue weighted by Crippen LogP contribution is 2.41. The summed E-state index contributed by atoms with van der Waals surface area (Å²) in [6, 6.07) is 3.86. The molecule has 1 aliphatic rings. The molecule has 2 aromatic heterocycles. The molecule has 4 rings (SSSR count). The molecule has 0 bridgehead atoms. The normalized spacial score (nSPS) is 13.6. The van der Waals surface area contributed by atoms with Crippen molar-refractivity contribution in [1.29, 1.82) is 0 Å². The van der Waals surface area contributed by atoms with Gasteiger partial charge in [-0.3, -0.25) is 4.90 Å². The Bertz CT molecular complexity index is 1290. The lowest BCUT2D eigenvalue weighted by molar-refractivity contribution is -0.0499. The fourth-order valence-electron chi connectivity index (χ4n) is 3.42. The second-order valence-corrected chi connectivity index (χ2v) is 8.62. The minimum absolute atomic E-state index is 0.0345. The molecule has 1 N–H and O–H groups in total. The zero-order valence-corrected chi connectivity index (χ0v) is 19.0. The van der Waals surface area contributed by atoms with Crippen LogP contribution in [0, 0.1) is 0 Å². The van der Waals surface area contributed by atoms with E-state index >= 15 is 0 Å². The van der Waals surface area contributed by atoms with Gasteiger partial charge in [0.1, 0.15) is 28.8 Å². The van der Waals surface area contributed by atoms with E-state index in [2.05, 4.69) is 10.1 Å². The van der Waals surface area contributed by atoms with Crippen LogP contribution in [0.4, 0.5) is 19.3 Å². The van der Waals surface area contributed by atoms with Gasteiger partial charge in [0.15, 0.2) is 11.4 Å². The van der Waals surface area contributed by atoms with Gasteiger partial charge in [-0.25, -0.2) is 19.3 Å². The third-order valence-corrected chi connectivity index (χ3v) is 4.90. The van der Waals surface area contributed by atoms with E-state index in [1.54, 1.807) is 20.8 Å². The summed E-state index contributed by atoms with van der Waals surface area (Å²) in [5.41, 5.74) is -0.862. The summed E-state index contributed by atoms with van der Waals surface area (Å²) >= 11 is 5.98. The van der Waals surface area contributed by atoms with Crippen LogP contribution in [0.5, 0.6) is 11.5 Å². The number of carboxylic acids is 1. The Kier molecular flexibility index (Phi) is 5.94. The highest BCUT2D eigenvalue weighted by atomic mass is 35.5. The summed E-state index contributed by atoms with van der Waals surface area (Å²) in [6.45, 7) is 2.10. The van der Waals surface area contributed by atoms with Crippen molar-refractivity contribution in [3.63, 3.8) is 0 Å². The first kappa shape index (κ1) is 23.5. The van der Waals surface area contributed by atoms with E-state index in [0.717, 1.165) is 4.68 Å². The van der Waals surface area contributed by atoms with Crippen molar-refractivity contribution in [1.82, 2.24) is 14.8 Å². The molecule has 0 saturated carbocycles. The van der Waals surface area contributed by atoms with Gasteiger partial charge in [-0.15, -0.1) is 0 Å². The number of anilines is 1. The second-order valence-electron chi connectivity index (χ2n) is 8.24. The molecule has 0 fully saturated rings. The largest absolute Gasteiger partial charge is 0.489 e. The number of alkyl halides is 2. The van der Waals surface area contributed by atoms with Crippen LogP contribution in [0.15, 0.2) is 24.4 Å². The van der Waals surface area contributed by atoms with Crippen LogP contribution in [-0.2, 0) is 4.74 Å². The van der Waals surface area contributed by atoms with Crippen LogP contribution in [0.25, 0.3) is 16.6 Å². The first-order valence-corrected chi connectivity index (χ1v) is 10.4. The topological polar surface area (TPSA) is 116 Å². The summed E-state index contributed by atoms with van der Waals surface area (Å²) in [5.74, 6) is -1.56. The maximum absolute atomic E-state index is 13.3. The van der Waals surface area contributed by atoms with Gasteiger partial charge in [0.25, 0.3) is 0 Å². The third kappa shape index (κ3) is 4.53. The van der Waals surface area contributed by atoms with Gasteiger partial charge in [0, 0.05) is 24.4 Å². The van der Waals surface area contributed by atoms with Crippen molar-refractivity contribution in [3.8, 4) is 17.2 Å². The Labute approximate surface area is 196 Å². The number of hydrogen-bond donors (Lipinski definition) is 1. The zero-order valence-electron chi connectivity index (χ0n) is 18.2. The molecular weight excluding hydrogens is 478 g/mol. The number of amides is 1. The van der Waals surface area contributed by atoms with Crippen molar-refractivity contribution >= 4 is 40.3 Å². The molecule has 1 aliphatic heterocycles. The number of pyridine rings is 1. The Hall–Kier alpha value is -3.67. The van der Waals surface area contributed by atoms with E-state index in [1.807, 2.05) is 0 Å². The molecule has 1 aromatic carbocycles. The number of hydrogen-bond acceptors (Lipinski definition) is 7. The lowest BCUT2D eigenvalue weighted by Gasteiger charge is -2.32. The maximum atomic E-state index is 13.3. The van der Waals surface area contributed by atoms with E-state index in [1.165, 1.54) is 29.3 Å². The third-order valence-electron chi connectivity index (χ3n) is 4.70.